The summed E-state index contributed by atoms with van der Waals surface area (Å²) in [5.41, 5.74) is 1.64. The maximum Gasteiger partial charge on any atom is 0.293 e. The Morgan fingerprint density at radius 2 is 2.00 bits per heavy atom. The molecule has 0 aromatic heterocycles. The van der Waals surface area contributed by atoms with Gasteiger partial charge in [-0.3, -0.25) is 14.9 Å². The van der Waals surface area contributed by atoms with Crippen molar-refractivity contribution in [3.63, 3.8) is 0 Å². The first-order valence-corrected chi connectivity index (χ1v) is 7.60. The van der Waals surface area contributed by atoms with Crippen molar-refractivity contribution in [2.24, 2.45) is 0 Å². The van der Waals surface area contributed by atoms with Crippen LogP contribution < -0.4 is 10.1 Å². The molecule has 1 N–H and O–H groups in total. The average molecular weight is 379 g/mol. The van der Waals surface area contributed by atoms with Gasteiger partial charge in [0, 0.05) is 10.5 Å². The number of carbonyl (C=O) groups excluding carboxylic acids is 1. The number of amides is 1. The molecular weight excluding hydrogens is 364 g/mol. The van der Waals surface area contributed by atoms with Crippen molar-refractivity contribution in [3.8, 4) is 5.75 Å². The molecule has 0 unspecified atom stereocenters. The van der Waals surface area contributed by atoms with Crippen LogP contribution in [0.15, 0.2) is 40.9 Å². The van der Waals surface area contributed by atoms with Gasteiger partial charge in [-0.05, 0) is 49.2 Å². The third-order valence-electron chi connectivity index (χ3n) is 3.12. The third-order valence-corrected chi connectivity index (χ3v) is 3.61. The van der Waals surface area contributed by atoms with E-state index in [9.17, 15) is 14.9 Å². The van der Waals surface area contributed by atoms with Crippen LogP contribution in [0.2, 0.25) is 0 Å². The predicted molar refractivity (Wildman–Crippen MR) is 90.8 cm³/mol. The van der Waals surface area contributed by atoms with Crippen LogP contribution in [0.1, 0.15) is 11.1 Å². The van der Waals surface area contributed by atoms with E-state index in [-0.39, 0.29) is 18.0 Å². The molecule has 2 aromatic carbocycles. The summed E-state index contributed by atoms with van der Waals surface area (Å²) < 4.78 is 6.37. The number of halogens is 1. The quantitative estimate of drug-likeness (QED) is 0.629. The monoisotopic (exact) mass is 378 g/mol. The van der Waals surface area contributed by atoms with Gasteiger partial charge in [0.1, 0.15) is 11.4 Å². The molecular formula is C16H15BrN2O4. The van der Waals surface area contributed by atoms with Crippen molar-refractivity contribution in [1.82, 2.24) is 0 Å². The minimum atomic E-state index is -0.525. The van der Waals surface area contributed by atoms with E-state index in [0.29, 0.717) is 5.75 Å². The van der Waals surface area contributed by atoms with Crippen LogP contribution in [0.5, 0.6) is 5.75 Å². The van der Waals surface area contributed by atoms with E-state index in [2.05, 4.69) is 21.2 Å². The summed E-state index contributed by atoms with van der Waals surface area (Å²) in [6.45, 7) is 3.38. The number of nitro benzene ring substituents is 1. The fourth-order valence-electron chi connectivity index (χ4n) is 2.00. The standard InChI is InChI=1S/C16H15BrN2O4/c1-10-3-5-13(14(7-10)19(21)22)18-16(20)9-23-15-6-4-12(17)8-11(15)2/h3-8H,9H2,1-2H3,(H,18,20). The summed E-state index contributed by atoms with van der Waals surface area (Å²) in [5.74, 6) is 0.126. The fraction of sp³-hybridized carbons (Fsp3) is 0.188. The van der Waals surface area contributed by atoms with Crippen LogP contribution >= 0.6 is 15.9 Å². The SMILES string of the molecule is Cc1ccc(NC(=O)COc2ccc(Br)cc2C)c([N+](=O)[O-])c1. The number of nitrogens with one attached hydrogen (secondary N) is 1. The van der Waals surface area contributed by atoms with Crippen LogP contribution in [0.4, 0.5) is 11.4 Å². The smallest absolute Gasteiger partial charge is 0.293 e. The zero-order valence-corrected chi connectivity index (χ0v) is 14.2. The first-order valence-electron chi connectivity index (χ1n) is 6.80. The third kappa shape index (κ3) is 4.53. The van der Waals surface area contributed by atoms with Crippen molar-refractivity contribution in [2.75, 3.05) is 11.9 Å². The first kappa shape index (κ1) is 17.0. The highest BCUT2D eigenvalue weighted by atomic mass is 79.9. The molecule has 6 nitrogen and oxygen atoms in total. The highest BCUT2D eigenvalue weighted by molar-refractivity contribution is 9.10. The Labute approximate surface area is 141 Å². The highest BCUT2D eigenvalue weighted by Gasteiger charge is 2.16. The van der Waals surface area contributed by atoms with Gasteiger partial charge >= 0.3 is 0 Å². The molecule has 0 fully saturated rings. The normalized spacial score (nSPS) is 10.2. The number of aryl methyl sites for hydroxylation is 2. The number of ether oxygens (including phenoxy) is 1. The van der Waals surface area contributed by atoms with Crippen molar-refractivity contribution < 1.29 is 14.5 Å². The lowest BCUT2D eigenvalue weighted by Crippen LogP contribution is -2.21. The van der Waals surface area contributed by atoms with Crippen molar-refractivity contribution in [2.45, 2.75) is 13.8 Å². The summed E-state index contributed by atoms with van der Waals surface area (Å²) in [7, 11) is 0. The van der Waals surface area contributed by atoms with Gasteiger partial charge in [0.2, 0.25) is 0 Å². The van der Waals surface area contributed by atoms with E-state index in [1.165, 1.54) is 12.1 Å². The van der Waals surface area contributed by atoms with Crippen LogP contribution in [0, 0.1) is 24.0 Å². The van der Waals surface area contributed by atoms with E-state index in [1.54, 1.807) is 19.1 Å². The van der Waals surface area contributed by atoms with Crippen molar-refractivity contribution >= 4 is 33.2 Å². The fourth-order valence-corrected chi connectivity index (χ4v) is 2.48. The van der Waals surface area contributed by atoms with E-state index in [0.717, 1.165) is 15.6 Å². The summed E-state index contributed by atoms with van der Waals surface area (Å²) in [6.07, 6.45) is 0. The number of benzene rings is 2. The lowest BCUT2D eigenvalue weighted by Gasteiger charge is -2.10. The lowest BCUT2D eigenvalue weighted by molar-refractivity contribution is -0.384. The number of nitro groups is 1. The molecule has 2 aromatic rings. The molecule has 0 heterocycles. The van der Waals surface area contributed by atoms with E-state index in [4.69, 9.17) is 4.74 Å². The summed E-state index contributed by atoms with van der Waals surface area (Å²) >= 11 is 3.35. The number of carbonyl (C=O) groups is 1. The molecule has 0 aliphatic heterocycles. The molecule has 120 valence electrons. The second-order valence-corrected chi connectivity index (χ2v) is 5.94. The molecule has 0 saturated heterocycles. The first-order chi connectivity index (χ1) is 10.9. The Morgan fingerprint density at radius 3 is 2.65 bits per heavy atom. The van der Waals surface area contributed by atoms with Crippen LogP contribution in [-0.2, 0) is 4.79 Å². The molecule has 23 heavy (non-hydrogen) atoms. The van der Waals surface area contributed by atoms with Crippen LogP contribution in [0.3, 0.4) is 0 Å². The predicted octanol–water partition coefficient (Wildman–Crippen LogP) is 3.99. The summed E-state index contributed by atoms with van der Waals surface area (Å²) in [6, 6.07) is 10.1. The van der Waals surface area contributed by atoms with E-state index in [1.807, 2.05) is 19.1 Å². The van der Waals surface area contributed by atoms with Crippen LogP contribution in [0.25, 0.3) is 0 Å². The van der Waals surface area contributed by atoms with Crippen molar-refractivity contribution in [3.05, 3.63) is 62.1 Å². The minimum absolute atomic E-state index is 0.141. The van der Waals surface area contributed by atoms with Gasteiger partial charge < -0.3 is 10.1 Å². The second-order valence-electron chi connectivity index (χ2n) is 5.02. The van der Waals surface area contributed by atoms with E-state index >= 15 is 0 Å². The van der Waals surface area contributed by atoms with Gasteiger partial charge in [-0.15, -0.1) is 0 Å². The number of rotatable bonds is 5. The van der Waals surface area contributed by atoms with Gasteiger partial charge in [-0.2, -0.15) is 0 Å². The molecule has 0 bridgehead atoms. The Hall–Kier alpha value is -2.41. The molecule has 0 aliphatic rings. The zero-order chi connectivity index (χ0) is 17.0. The highest BCUT2D eigenvalue weighted by Crippen LogP contribution is 2.25. The maximum absolute atomic E-state index is 12.0. The summed E-state index contributed by atoms with van der Waals surface area (Å²) in [4.78, 5) is 22.5. The number of hydrogen-bond donors (Lipinski definition) is 1. The lowest BCUT2D eigenvalue weighted by atomic mass is 10.2. The molecule has 0 aliphatic carbocycles. The summed E-state index contributed by atoms with van der Waals surface area (Å²) in [5, 5.41) is 13.5. The molecule has 2 rings (SSSR count). The Morgan fingerprint density at radius 1 is 1.26 bits per heavy atom. The Kier molecular flexibility index (Phi) is 5.33. The molecule has 0 radical (unpaired) electrons. The number of nitrogens with zero attached hydrogens (tertiary/aromatic N) is 1. The Balaban J connectivity index is 2.04. The maximum atomic E-state index is 12.0. The molecule has 7 heteroatoms. The number of anilines is 1. The zero-order valence-electron chi connectivity index (χ0n) is 12.6. The van der Waals surface area contributed by atoms with Gasteiger partial charge in [0.05, 0.1) is 4.92 Å². The molecule has 1 amide bonds. The topological polar surface area (TPSA) is 81.5 Å². The molecule has 0 spiro atoms. The van der Waals surface area contributed by atoms with Gasteiger partial charge in [0.15, 0.2) is 6.61 Å². The Bertz CT molecular complexity index is 762. The molecule has 0 saturated carbocycles. The minimum Gasteiger partial charge on any atom is -0.483 e. The average Bonchev–Trinajstić information content (AvgIpc) is 2.48. The van der Waals surface area contributed by atoms with Gasteiger partial charge in [0.25, 0.3) is 11.6 Å². The van der Waals surface area contributed by atoms with Crippen LogP contribution in [-0.4, -0.2) is 17.4 Å². The largest absolute Gasteiger partial charge is 0.483 e. The van der Waals surface area contributed by atoms with Crippen molar-refractivity contribution in [1.29, 1.82) is 0 Å². The second kappa shape index (κ2) is 7.23. The molecule has 0 atom stereocenters. The van der Waals surface area contributed by atoms with E-state index < -0.39 is 10.8 Å². The number of hydrogen-bond acceptors (Lipinski definition) is 4. The van der Waals surface area contributed by atoms with Gasteiger partial charge in [-0.25, -0.2) is 0 Å². The van der Waals surface area contributed by atoms with Gasteiger partial charge in [-0.1, -0.05) is 22.0 Å².